The van der Waals surface area contributed by atoms with E-state index in [4.69, 9.17) is 0 Å². The lowest BCUT2D eigenvalue weighted by Crippen LogP contribution is -2.10. The SMILES string of the molecule is CCCn1c(C)c(C=O)c2ccnc(N[C@H](C)c3ccccc3)c21. The van der Waals surface area contributed by atoms with Gasteiger partial charge < -0.3 is 9.88 Å². The average molecular weight is 321 g/mol. The van der Waals surface area contributed by atoms with Crippen LogP contribution in [0.3, 0.4) is 0 Å². The number of benzene rings is 1. The highest BCUT2D eigenvalue weighted by atomic mass is 16.1. The number of hydrogen-bond donors (Lipinski definition) is 1. The number of aromatic nitrogens is 2. The lowest BCUT2D eigenvalue weighted by Gasteiger charge is -2.17. The zero-order valence-electron chi connectivity index (χ0n) is 14.4. The number of nitrogens with zero attached hydrogens (tertiary/aromatic N) is 2. The third-order valence-electron chi connectivity index (χ3n) is 4.50. The number of fused-ring (bicyclic) bond motifs is 1. The van der Waals surface area contributed by atoms with Crippen molar-refractivity contribution in [2.45, 2.75) is 39.8 Å². The van der Waals surface area contributed by atoms with Crippen LogP contribution < -0.4 is 5.32 Å². The van der Waals surface area contributed by atoms with Crippen molar-refractivity contribution in [1.29, 1.82) is 0 Å². The standard InChI is InChI=1S/C20H23N3O/c1-4-12-23-15(3)18(13-24)17-10-11-21-20(19(17)23)22-14(2)16-8-6-5-7-9-16/h5-11,13-14H,4,12H2,1-3H3,(H,21,22)/t14-/m1/s1. The van der Waals surface area contributed by atoms with E-state index in [1.54, 1.807) is 6.20 Å². The van der Waals surface area contributed by atoms with E-state index in [9.17, 15) is 4.79 Å². The molecule has 0 bridgehead atoms. The molecule has 0 amide bonds. The number of carbonyl (C=O) groups is 1. The molecule has 3 rings (SSSR count). The van der Waals surface area contributed by atoms with Crippen molar-refractivity contribution < 1.29 is 4.79 Å². The summed E-state index contributed by atoms with van der Waals surface area (Å²) in [4.78, 5) is 16.1. The van der Waals surface area contributed by atoms with Gasteiger partial charge in [0.2, 0.25) is 0 Å². The number of carbonyl (C=O) groups excluding carboxylic acids is 1. The second-order valence-corrected chi connectivity index (χ2v) is 6.10. The van der Waals surface area contributed by atoms with Crippen molar-refractivity contribution in [3.8, 4) is 0 Å². The van der Waals surface area contributed by atoms with Gasteiger partial charge >= 0.3 is 0 Å². The van der Waals surface area contributed by atoms with Gasteiger partial charge in [0.1, 0.15) is 0 Å². The molecule has 2 aromatic heterocycles. The predicted octanol–water partition coefficient (Wildman–Crippen LogP) is 4.74. The van der Waals surface area contributed by atoms with Crippen LogP contribution >= 0.6 is 0 Å². The van der Waals surface area contributed by atoms with E-state index < -0.39 is 0 Å². The van der Waals surface area contributed by atoms with Gasteiger partial charge in [-0.05, 0) is 31.9 Å². The number of anilines is 1. The fourth-order valence-electron chi connectivity index (χ4n) is 3.24. The summed E-state index contributed by atoms with van der Waals surface area (Å²) in [6.45, 7) is 7.14. The fourth-order valence-corrected chi connectivity index (χ4v) is 3.24. The molecule has 0 spiro atoms. The first kappa shape index (κ1) is 16.2. The van der Waals surface area contributed by atoms with Gasteiger partial charge in [0.15, 0.2) is 12.1 Å². The minimum absolute atomic E-state index is 0.134. The highest BCUT2D eigenvalue weighted by Gasteiger charge is 2.18. The van der Waals surface area contributed by atoms with Crippen molar-refractivity contribution in [1.82, 2.24) is 9.55 Å². The largest absolute Gasteiger partial charge is 0.362 e. The quantitative estimate of drug-likeness (QED) is 0.667. The third kappa shape index (κ3) is 2.80. The molecule has 0 fully saturated rings. The Morgan fingerprint density at radius 1 is 1.25 bits per heavy atom. The number of nitrogens with one attached hydrogen (secondary N) is 1. The molecule has 0 aliphatic rings. The normalized spacial score (nSPS) is 12.3. The van der Waals surface area contributed by atoms with Crippen LogP contribution in [-0.4, -0.2) is 15.8 Å². The molecule has 2 heterocycles. The fraction of sp³-hybridized carbons (Fsp3) is 0.300. The lowest BCUT2D eigenvalue weighted by molar-refractivity contribution is 0.112. The van der Waals surface area contributed by atoms with Gasteiger partial charge in [-0.3, -0.25) is 4.79 Å². The third-order valence-corrected chi connectivity index (χ3v) is 4.50. The summed E-state index contributed by atoms with van der Waals surface area (Å²) in [5.41, 5.74) is 3.99. The average Bonchev–Trinajstić information content (AvgIpc) is 2.88. The Bertz CT molecular complexity index is 852. The number of hydrogen-bond acceptors (Lipinski definition) is 3. The Kier molecular flexibility index (Phi) is 4.65. The van der Waals surface area contributed by atoms with Crippen LogP contribution in [0.4, 0.5) is 5.82 Å². The predicted molar refractivity (Wildman–Crippen MR) is 98.6 cm³/mol. The number of aldehydes is 1. The summed E-state index contributed by atoms with van der Waals surface area (Å²) in [5.74, 6) is 0.827. The van der Waals surface area contributed by atoms with Crippen molar-refractivity contribution in [2.75, 3.05) is 5.32 Å². The first-order valence-corrected chi connectivity index (χ1v) is 8.41. The Labute approximate surface area is 142 Å². The molecule has 0 saturated heterocycles. The smallest absolute Gasteiger partial charge is 0.152 e. The van der Waals surface area contributed by atoms with Crippen LogP contribution in [0.1, 0.15) is 47.9 Å². The molecule has 4 heteroatoms. The van der Waals surface area contributed by atoms with Gasteiger partial charge in [-0.25, -0.2) is 4.98 Å². The summed E-state index contributed by atoms with van der Waals surface area (Å²) in [7, 11) is 0. The summed E-state index contributed by atoms with van der Waals surface area (Å²) in [5, 5.41) is 4.48. The molecule has 0 saturated carbocycles. The molecular formula is C20H23N3O. The molecule has 1 aromatic carbocycles. The Morgan fingerprint density at radius 2 is 2.00 bits per heavy atom. The molecule has 24 heavy (non-hydrogen) atoms. The molecular weight excluding hydrogens is 298 g/mol. The maximum Gasteiger partial charge on any atom is 0.152 e. The maximum absolute atomic E-state index is 11.6. The summed E-state index contributed by atoms with van der Waals surface area (Å²) >= 11 is 0. The van der Waals surface area contributed by atoms with E-state index in [-0.39, 0.29) is 6.04 Å². The molecule has 0 radical (unpaired) electrons. The van der Waals surface area contributed by atoms with E-state index in [0.717, 1.165) is 47.2 Å². The molecule has 4 nitrogen and oxygen atoms in total. The van der Waals surface area contributed by atoms with E-state index in [1.807, 2.05) is 31.2 Å². The van der Waals surface area contributed by atoms with Crippen LogP contribution in [0.2, 0.25) is 0 Å². The molecule has 3 aromatic rings. The minimum Gasteiger partial charge on any atom is -0.362 e. The van der Waals surface area contributed by atoms with Crippen LogP contribution in [0.25, 0.3) is 10.9 Å². The molecule has 0 aliphatic heterocycles. The highest BCUT2D eigenvalue weighted by molar-refractivity contribution is 6.03. The molecule has 1 atom stereocenters. The van der Waals surface area contributed by atoms with Crippen molar-refractivity contribution >= 4 is 23.0 Å². The van der Waals surface area contributed by atoms with Gasteiger partial charge in [0.25, 0.3) is 0 Å². The lowest BCUT2D eigenvalue weighted by atomic mass is 10.1. The molecule has 0 aliphatic carbocycles. The van der Waals surface area contributed by atoms with Crippen LogP contribution in [0, 0.1) is 6.92 Å². The van der Waals surface area contributed by atoms with E-state index in [0.29, 0.717) is 0 Å². The molecule has 1 N–H and O–H groups in total. The Hall–Kier alpha value is -2.62. The molecule has 124 valence electrons. The number of rotatable bonds is 6. The monoisotopic (exact) mass is 321 g/mol. The first-order valence-electron chi connectivity index (χ1n) is 8.41. The Morgan fingerprint density at radius 3 is 2.67 bits per heavy atom. The number of aryl methyl sites for hydroxylation is 1. The summed E-state index contributed by atoms with van der Waals surface area (Å²) < 4.78 is 2.20. The maximum atomic E-state index is 11.6. The van der Waals surface area contributed by atoms with Crippen molar-refractivity contribution in [3.63, 3.8) is 0 Å². The number of pyridine rings is 1. The van der Waals surface area contributed by atoms with Crippen molar-refractivity contribution in [3.05, 3.63) is 59.4 Å². The Balaban J connectivity index is 2.09. The van der Waals surface area contributed by atoms with Gasteiger partial charge in [-0.15, -0.1) is 0 Å². The van der Waals surface area contributed by atoms with Gasteiger partial charge in [0, 0.05) is 29.4 Å². The van der Waals surface area contributed by atoms with E-state index in [1.165, 1.54) is 5.56 Å². The van der Waals surface area contributed by atoms with E-state index >= 15 is 0 Å². The van der Waals surface area contributed by atoms with E-state index in [2.05, 4.69) is 40.8 Å². The van der Waals surface area contributed by atoms with Crippen LogP contribution in [0.5, 0.6) is 0 Å². The highest BCUT2D eigenvalue weighted by Crippen LogP contribution is 2.31. The second kappa shape index (κ2) is 6.87. The summed E-state index contributed by atoms with van der Waals surface area (Å²) in [6.07, 6.45) is 3.73. The first-order chi connectivity index (χ1) is 11.7. The van der Waals surface area contributed by atoms with Gasteiger partial charge in [-0.2, -0.15) is 0 Å². The van der Waals surface area contributed by atoms with Gasteiger partial charge in [0.05, 0.1) is 11.6 Å². The van der Waals surface area contributed by atoms with Crippen LogP contribution in [0.15, 0.2) is 42.6 Å². The van der Waals surface area contributed by atoms with Crippen LogP contribution in [-0.2, 0) is 6.54 Å². The minimum atomic E-state index is 0.134. The summed E-state index contributed by atoms with van der Waals surface area (Å²) in [6, 6.07) is 12.4. The topological polar surface area (TPSA) is 46.9 Å². The second-order valence-electron chi connectivity index (χ2n) is 6.10. The zero-order valence-corrected chi connectivity index (χ0v) is 14.4. The van der Waals surface area contributed by atoms with Gasteiger partial charge in [-0.1, -0.05) is 37.3 Å². The molecule has 0 unspecified atom stereocenters. The van der Waals surface area contributed by atoms with Crippen molar-refractivity contribution in [2.24, 2.45) is 0 Å². The zero-order chi connectivity index (χ0) is 17.1.